The number of nitrogens with one attached hydrogen (secondary N) is 1. The Bertz CT molecular complexity index is 360. The molecule has 1 heterocycles. The predicted molar refractivity (Wildman–Crippen MR) is 55.7 cm³/mol. The maximum Gasteiger partial charge on any atom is 0.127 e. The predicted octanol–water partition coefficient (Wildman–Crippen LogP) is 1.66. The lowest BCUT2D eigenvalue weighted by Crippen LogP contribution is -2.16. The van der Waals surface area contributed by atoms with E-state index in [1.807, 2.05) is 0 Å². The minimum absolute atomic E-state index is 0.809. The molecule has 1 N–H and O–H groups in total. The fourth-order valence-corrected chi connectivity index (χ4v) is 2.45. The fourth-order valence-electron chi connectivity index (χ4n) is 2.45. The van der Waals surface area contributed by atoms with Crippen LogP contribution in [0, 0.1) is 0 Å². The molecule has 2 heteroatoms. The van der Waals surface area contributed by atoms with Crippen LogP contribution >= 0.6 is 0 Å². The Kier molecular flexibility index (Phi) is 1.95. The number of rotatable bonds is 0. The Hall–Kier alpha value is -1.02. The van der Waals surface area contributed by atoms with Crippen molar-refractivity contribution in [3.63, 3.8) is 0 Å². The lowest BCUT2D eigenvalue weighted by Gasteiger charge is -2.11. The first-order valence-electron chi connectivity index (χ1n) is 5.42. The van der Waals surface area contributed by atoms with E-state index in [4.69, 9.17) is 4.74 Å². The van der Waals surface area contributed by atoms with E-state index in [1.54, 1.807) is 0 Å². The third kappa shape index (κ3) is 1.22. The Balaban J connectivity index is 2.11. The lowest BCUT2D eigenvalue weighted by atomic mass is 10.0. The maximum absolute atomic E-state index is 5.83. The average Bonchev–Trinajstić information content (AvgIpc) is 2.55. The van der Waals surface area contributed by atoms with Crippen LogP contribution < -0.4 is 10.1 Å². The molecule has 0 bridgehead atoms. The number of fused-ring (bicyclic) bond motifs is 3. The van der Waals surface area contributed by atoms with Gasteiger partial charge in [-0.05, 0) is 30.4 Å². The van der Waals surface area contributed by atoms with Crippen molar-refractivity contribution in [1.82, 2.24) is 5.32 Å². The van der Waals surface area contributed by atoms with Crippen molar-refractivity contribution >= 4 is 0 Å². The van der Waals surface area contributed by atoms with Crippen molar-refractivity contribution in [1.29, 1.82) is 0 Å². The molecule has 1 aromatic carbocycles. The van der Waals surface area contributed by atoms with Gasteiger partial charge in [0.15, 0.2) is 0 Å². The van der Waals surface area contributed by atoms with E-state index in [2.05, 4.69) is 17.4 Å². The molecule has 2 aliphatic rings. The molecule has 0 unspecified atom stereocenters. The number of aryl methyl sites for hydroxylation is 1. The summed E-state index contributed by atoms with van der Waals surface area (Å²) >= 11 is 0. The van der Waals surface area contributed by atoms with Crippen LogP contribution in [0.4, 0.5) is 0 Å². The van der Waals surface area contributed by atoms with Gasteiger partial charge in [-0.2, -0.15) is 0 Å². The molecule has 0 saturated heterocycles. The zero-order valence-corrected chi connectivity index (χ0v) is 8.31. The van der Waals surface area contributed by atoms with Crippen molar-refractivity contribution in [2.75, 3.05) is 13.2 Å². The largest absolute Gasteiger partial charge is 0.492 e. The first kappa shape index (κ1) is 8.30. The molecule has 0 amide bonds. The van der Waals surface area contributed by atoms with Crippen LogP contribution in [0.25, 0.3) is 0 Å². The second-order valence-corrected chi connectivity index (χ2v) is 4.07. The van der Waals surface area contributed by atoms with Crippen LogP contribution in [-0.2, 0) is 19.4 Å². The second kappa shape index (κ2) is 3.28. The van der Waals surface area contributed by atoms with Gasteiger partial charge in [0, 0.05) is 18.7 Å². The molecule has 0 atom stereocenters. The van der Waals surface area contributed by atoms with Gasteiger partial charge in [-0.1, -0.05) is 12.1 Å². The van der Waals surface area contributed by atoms with Crippen LogP contribution in [-0.4, -0.2) is 13.2 Å². The Morgan fingerprint density at radius 1 is 1.14 bits per heavy atom. The summed E-state index contributed by atoms with van der Waals surface area (Å²) in [5.74, 6) is 1.19. The molecule has 74 valence electrons. The van der Waals surface area contributed by atoms with Gasteiger partial charge < -0.3 is 10.1 Å². The van der Waals surface area contributed by atoms with Gasteiger partial charge in [0.25, 0.3) is 0 Å². The van der Waals surface area contributed by atoms with Crippen LogP contribution in [0.3, 0.4) is 0 Å². The summed E-state index contributed by atoms with van der Waals surface area (Å²) in [6, 6.07) is 4.50. The summed E-state index contributed by atoms with van der Waals surface area (Å²) in [5, 5.41) is 3.37. The Morgan fingerprint density at radius 2 is 2.07 bits per heavy atom. The molecule has 14 heavy (non-hydrogen) atoms. The highest BCUT2D eigenvalue weighted by atomic mass is 16.5. The molecule has 1 aromatic rings. The normalized spacial score (nSPS) is 19.4. The summed E-state index contributed by atoms with van der Waals surface area (Å²) in [7, 11) is 0. The molecule has 0 saturated carbocycles. The highest BCUT2D eigenvalue weighted by Crippen LogP contribution is 2.34. The lowest BCUT2D eigenvalue weighted by molar-refractivity contribution is 0.323. The van der Waals surface area contributed by atoms with Gasteiger partial charge in [0.1, 0.15) is 12.4 Å². The SMILES string of the molecule is c1cc2c(c3c1CCC3)OCCNC2. The van der Waals surface area contributed by atoms with Gasteiger partial charge in [-0.3, -0.25) is 0 Å². The van der Waals surface area contributed by atoms with E-state index in [0.717, 1.165) is 19.7 Å². The minimum atomic E-state index is 0.809. The Labute approximate surface area is 84.3 Å². The van der Waals surface area contributed by atoms with E-state index >= 15 is 0 Å². The van der Waals surface area contributed by atoms with Crippen molar-refractivity contribution in [3.05, 3.63) is 28.8 Å². The average molecular weight is 189 g/mol. The van der Waals surface area contributed by atoms with Gasteiger partial charge >= 0.3 is 0 Å². The molecule has 1 aliphatic heterocycles. The topological polar surface area (TPSA) is 21.3 Å². The van der Waals surface area contributed by atoms with E-state index in [1.165, 1.54) is 41.7 Å². The molecule has 0 fully saturated rings. The number of ether oxygens (including phenoxy) is 1. The summed E-state index contributed by atoms with van der Waals surface area (Å²) in [5.41, 5.74) is 4.32. The molecule has 0 spiro atoms. The quantitative estimate of drug-likeness (QED) is 0.670. The monoisotopic (exact) mass is 189 g/mol. The van der Waals surface area contributed by atoms with Crippen molar-refractivity contribution < 1.29 is 4.74 Å². The zero-order chi connectivity index (χ0) is 9.38. The van der Waals surface area contributed by atoms with Gasteiger partial charge in [-0.15, -0.1) is 0 Å². The van der Waals surface area contributed by atoms with Crippen LogP contribution in [0.1, 0.15) is 23.1 Å². The number of benzene rings is 1. The van der Waals surface area contributed by atoms with E-state index in [0.29, 0.717) is 0 Å². The van der Waals surface area contributed by atoms with Crippen LogP contribution in [0.2, 0.25) is 0 Å². The summed E-state index contributed by atoms with van der Waals surface area (Å²) in [6.45, 7) is 2.73. The summed E-state index contributed by atoms with van der Waals surface area (Å²) in [6.07, 6.45) is 3.74. The molecule has 1 aliphatic carbocycles. The highest BCUT2D eigenvalue weighted by Gasteiger charge is 2.19. The second-order valence-electron chi connectivity index (χ2n) is 4.07. The first-order chi connectivity index (χ1) is 6.95. The molecular weight excluding hydrogens is 174 g/mol. The molecule has 3 rings (SSSR count). The fraction of sp³-hybridized carbons (Fsp3) is 0.500. The molecular formula is C12H15NO. The molecule has 0 radical (unpaired) electrons. The van der Waals surface area contributed by atoms with Gasteiger partial charge in [0.2, 0.25) is 0 Å². The standard InChI is InChI=1S/C12H15NO/c1-2-9-4-5-10-8-13-6-7-14-12(10)11(9)3-1/h4-5,13H,1-3,6-8H2. The number of hydrogen-bond donors (Lipinski definition) is 1. The maximum atomic E-state index is 5.83. The summed E-state index contributed by atoms with van der Waals surface area (Å²) in [4.78, 5) is 0. The minimum Gasteiger partial charge on any atom is -0.492 e. The van der Waals surface area contributed by atoms with Gasteiger partial charge in [0.05, 0.1) is 0 Å². The van der Waals surface area contributed by atoms with Crippen molar-refractivity contribution in [2.24, 2.45) is 0 Å². The first-order valence-corrected chi connectivity index (χ1v) is 5.42. The smallest absolute Gasteiger partial charge is 0.127 e. The summed E-state index contributed by atoms with van der Waals surface area (Å²) < 4.78 is 5.83. The highest BCUT2D eigenvalue weighted by molar-refractivity contribution is 5.49. The van der Waals surface area contributed by atoms with E-state index < -0.39 is 0 Å². The van der Waals surface area contributed by atoms with Gasteiger partial charge in [-0.25, -0.2) is 0 Å². The molecule has 0 aromatic heterocycles. The zero-order valence-electron chi connectivity index (χ0n) is 8.31. The van der Waals surface area contributed by atoms with Crippen molar-refractivity contribution in [3.8, 4) is 5.75 Å². The van der Waals surface area contributed by atoms with Crippen LogP contribution in [0.15, 0.2) is 12.1 Å². The van der Waals surface area contributed by atoms with Crippen molar-refractivity contribution in [2.45, 2.75) is 25.8 Å². The number of hydrogen-bond acceptors (Lipinski definition) is 2. The molecule has 2 nitrogen and oxygen atoms in total. The third-order valence-corrected chi connectivity index (χ3v) is 3.15. The third-order valence-electron chi connectivity index (χ3n) is 3.15. The van der Waals surface area contributed by atoms with E-state index in [-0.39, 0.29) is 0 Å². The Morgan fingerprint density at radius 3 is 3.07 bits per heavy atom. The van der Waals surface area contributed by atoms with E-state index in [9.17, 15) is 0 Å². The van der Waals surface area contributed by atoms with Crippen LogP contribution in [0.5, 0.6) is 5.75 Å².